The molecule has 202 valence electrons. The minimum atomic E-state index is -0.274. The molecule has 0 fully saturated rings. The van der Waals surface area contributed by atoms with Crippen LogP contribution in [0.2, 0.25) is 0 Å². The molecular weight excluding hydrogens is 482 g/mol. The summed E-state index contributed by atoms with van der Waals surface area (Å²) in [4.78, 5) is 21.4. The van der Waals surface area contributed by atoms with Crippen LogP contribution >= 0.6 is 0 Å². The molecule has 38 heavy (non-hydrogen) atoms. The average Bonchev–Trinajstić information content (AvgIpc) is 2.88. The van der Waals surface area contributed by atoms with Gasteiger partial charge in [-0.25, -0.2) is 4.98 Å². The zero-order chi connectivity index (χ0) is 27.8. The van der Waals surface area contributed by atoms with E-state index >= 15 is 0 Å². The van der Waals surface area contributed by atoms with E-state index in [9.17, 15) is 9.90 Å². The topological polar surface area (TPSA) is 111 Å². The number of benzene rings is 2. The lowest BCUT2D eigenvalue weighted by molar-refractivity contribution is -0.115. The Bertz CT molecular complexity index is 1260. The molecular formula is C29H37N5O4. The monoisotopic (exact) mass is 519 g/mol. The van der Waals surface area contributed by atoms with Crippen molar-refractivity contribution >= 4 is 34.7 Å². The van der Waals surface area contributed by atoms with Crippen LogP contribution in [0.25, 0.3) is 0 Å². The highest BCUT2D eigenvalue weighted by Gasteiger charge is 2.25. The van der Waals surface area contributed by atoms with E-state index in [0.717, 1.165) is 18.9 Å². The van der Waals surface area contributed by atoms with E-state index in [1.807, 2.05) is 63.2 Å². The number of rotatable bonds is 11. The van der Waals surface area contributed by atoms with Crippen LogP contribution in [0.4, 0.5) is 22.9 Å². The fourth-order valence-corrected chi connectivity index (χ4v) is 3.88. The van der Waals surface area contributed by atoms with E-state index in [2.05, 4.69) is 24.1 Å². The van der Waals surface area contributed by atoms with Gasteiger partial charge in [-0.3, -0.25) is 15.1 Å². The number of phenolic OH excluding ortho intramolecular Hbond substituents is 1. The summed E-state index contributed by atoms with van der Waals surface area (Å²) in [6, 6.07) is 16.1. The number of nitrogens with one attached hydrogen (secondary N) is 2. The van der Waals surface area contributed by atoms with Gasteiger partial charge in [-0.2, -0.15) is 0 Å². The van der Waals surface area contributed by atoms with Crippen molar-refractivity contribution in [2.24, 2.45) is 5.92 Å². The normalized spacial score (nSPS) is 10.7. The third kappa shape index (κ3) is 6.73. The number of ether oxygens (including phenoxy) is 2. The predicted molar refractivity (Wildman–Crippen MR) is 152 cm³/mol. The predicted octanol–water partition coefficient (Wildman–Crippen LogP) is 6.09. The zero-order valence-corrected chi connectivity index (χ0v) is 22.9. The Morgan fingerprint density at radius 2 is 1.76 bits per heavy atom. The molecule has 2 aromatic carbocycles. The minimum absolute atomic E-state index is 0.00833. The van der Waals surface area contributed by atoms with Gasteiger partial charge in [-0.05, 0) is 51.1 Å². The first-order valence-corrected chi connectivity index (χ1v) is 12.7. The molecule has 3 N–H and O–H groups in total. The third-order valence-corrected chi connectivity index (χ3v) is 5.99. The fourth-order valence-electron chi connectivity index (χ4n) is 3.88. The molecule has 3 rings (SSSR count). The van der Waals surface area contributed by atoms with Crippen LogP contribution < -0.4 is 24.6 Å². The number of nitrogens with zero attached hydrogens (tertiary/aromatic N) is 3. The summed E-state index contributed by atoms with van der Waals surface area (Å²) < 4.78 is 11.6. The standard InChI is InChI=1S/C29H37N5O4/c1-7-33(8-2)28-15-14-24(20(5)32-28)34(21(6)35)25-16-23(31-18-37-22-12-10-9-11-13-22)26(36)17-27(25)38-29(30)19(3)4/h9-17,19,30-31,36H,7-8,18H2,1-6H3. The zero-order valence-electron chi connectivity index (χ0n) is 22.9. The molecule has 0 atom stereocenters. The van der Waals surface area contributed by atoms with Gasteiger partial charge in [0, 0.05) is 32.0 Å². The molecule has 0 aliphatic heterocycles. The summed E-state index contributed by atoms with van der Waals surface area (Å²) in [5.74, 6) is 1.11. The van der Waals surface area contributed by atoms with Crippen molar-refractivity contribution in [2.45, 2.75) is 41.5 Å². The lowest BCUT2D eigenvalue weighted by atomic mass is 10.1. The molecule has 0 spiro atoms. The van der Waals surface area contributed by atoms with Gasteiger partial charge in [0.25, 0.3) is 0 Å². The van der Waals surface area contributed by atoms with Crippen LogP contribution in [0.5, 0.6) is 17.2 Å². The van der Waals surface area contributed by atoms with Gasteiger partial charge in [0.1, 0.15) is 17.3 Å². The van der Waals surface area contributed by atoms with Gasteiger partial charge in [-0.15, -0.1) is 0 Å². The summed E-state index contributed by atoms with van der Waals surface area (Å²) in [5, 5.41) is 22.1. The molecule has 0 unspecified atom stereocenters. The lowest BCUT2D eigenvalue weighted by Gasteiger charge is -2.28. The number of aryl methyl sites for hydroxylation is 1. The maximum absolute atomic E-state index is 13.1. The van der Waals surface area contributed by atoms with Gasteiger partial charge in [-0.1, -0.05) is 32.0 Å². The molecule has 0 saturated heterocycles. The molecule has 1 aromatic heterocycles. The maximum atomic E-state index is 13.1. The minimum Gasteiger partial charge on any atom is -0.506 e. The molecule has 0 aliphatic rings. The van der Waals surface area contributed by atoms with Crippen molar-refractivity contribution in [1.82, 2.24) is 4.98 Å². The summed E-state index contributed by atoms with van der Waals surface area (Å²) in [7, 11) is 0. The highest BCUT2D eigenvalue weighted by molar-refractivity contribution is 6.02. The van der Waals surface area contributed by atoms with Gasteiger partial charge in [0.2, 0.25) is 5.91 Å². The SMILES string of the molecule is CCN(CC)c1ccc(N(C(C)=O)c2cc(NCOc3ccccc3)c(O)cc2OC(=N)C(C)C)c(C)n1. The number of aromatic hydroxyl groups is 1. The van der Waals surface area contributed by atoms with Gasteiger partial charge >= 0.3 is 0 Å². The van der Waals surface area contributed by atoms with Crippen molar-refractivity contribution in [2.75, 3.05) is 34.9 Å². The molecule has 3 aromatic rings. The van der Waals surface area contributed by atoms with Crippen molar-refractivity contribution in [3.05, 3.63) is 60.3 Å². The van der Waals surface area contributed by atoms with Gasteiger partial charge < -0.3 is 24.8 Å². The van der Waals surface area contributed by atoms with Crippen molar-refractivity contribution in [3.63, 3.8) is 0 Å². The molecule has 0 radical (unpaired) electrons. The fraction of sp³-hybridized carbons (Fsp3) is 0.345. The van der Waals surface area contributed by atoms with Crippen LogP contribution in [-0.4, -0.2) is 41.7 Å². The Kier molecular flexibility index (Phi) is 9.54. The molecule has 9 heteroatoms. The second-order valence-electron chi connectivity index (χ2n) is 9.04. The van der Waals surface area contributed by atoms with E-state index in [-0.39, 0.29) is 36.0 Å². The van der Waals surface area contributed by atoms with E-state index in [1.54, 1.807) is 6.07 Å². The first-order valence-electron chi connectivity index (χ1n) is 12.7. The maximum Gasteiger partial charge on any atom is 0.228 e. The quantitative estimate of drug-likeness (QED) is 0.122. The number of pyridine rings is 1. The van der Waals surface area contributed by atoms with E-state index < -0.39 is 0 Å². The number of phenols is 1. The van der Waals surface area contributed by atoms with Gasteiger partial charge in [0.05, 0.1) is 22.8 Å². The first kappa shape index (κ1) is 28.3. The third-order valence-electron chi connectivity index (χ3n) is 5.99. The summed E-state index contributed by atoms with van der Waals surface area (Å²) >= 11 is 0. The van der Waals surface area contributed by atoms with Gasteiger partial charge in [0.15, 0.2) is 18.4 Å². The molecule has 0 saturated carbocycles. The number of para-hydroxylation sites is 1. The number of aromatic nitrogens is 1. The van der Waals surface area contributed by atoms with E-state index in [4.69, 9.17) is 19.9 Å². The number of carbonyl (C=O) groups is 1. The Balaban J connectivity index is 2.05. The highest BCUT2D eigenvalue weighted by atomic mass is 16.5. The number of anilines is 4. The van der Waals surface area contributed by atoms with Crippen LogP contribution in [0.1, 0.15) is 40.3 Å². The Morgan fingerprint density at radius 3 is 2.34 bits per heavy atom. The Morgan fingerprint density at radius 1 is 1.08 bits per heavy atom. The Hall–Kier alpha value is -4.27. The largest absolute Gasteiger partial charge is 0.506 e. The first-order chi connectivity index (χ1) is 18.2. The summed E-state index contributed by atoms with van der Waals surface area (Å²) in [5.41, 5.74) is 1.94. The summed E-state index contributed by atoms with van der Waals surface area (Å²) in [6.45, 7) is 12.8. The second kappa shape index (κ2) is 12.8. The smallest absolute Gasteiger partial charge is 0.228 e. The van der Waals surface area contributed by atoms with Crippen molar-refractivity contribution < 1.29 is 19.4 Å². The number of hydrogen-bond donors (Lipinski definition) is 3. The molecule has 1 amide bonds. The number of carbonyl (C=O) groups excluding carboxylic acids is 1. The van der Waals surface area contributed by atoms with Crippen LogP contribution in [0.3, 0.4) is 0 Å². The van der Waals surface area contributed by atoms with Crippen molar-refractivity contribution in [1.29, 1.82) is 5.41 Å². The highest BCUT2D eigenvalue weighted by Crippen LogP contribution is 2.42. The lowest BCUT2D eigenvalue weighted by Crippen LogP contribution is -2.27. The number of amides is 1. The van der Waals surface area contributed by atoms with E-state index in [0.29, 0.717) is 28.5 Å². The van der Waals surface area contributed by atoms with E-state index in [1.165, 1.54) is 17.9 Å². The van der Waals surface area contributed by atoms with Crippen LogP contribution in [-0.2, 0) is 4.79 Å². The Labute approximate surface area is 224 Å². The number of hydrogen-bond acceptors (Lipinski definition) is 8. The second-order valence-corrected chi connectivity index (χ2v) is 9.04. The van der Waals surface area contributed by atoms with Crippen molar-refractivity contribution in [3.8, 4) is 17.2 Å². The molecule has 0 aliphatic carbocycles. The van der Waals surface area contributed by atoms with Crippen LogP contribution in [0.15, 0.2) is 54.6 Å². The molecule has 1 heterocycles. The molecule has 0 bridgehead atoms. The molecule has 9 nitrogen and oxygen atoms in total. The average molecular weight is 520 g/mol. The van der Waals surface area contributed by atoms with Crippen LogP contribution in [0, 0.1) is 18.3 Å². The summed E-state index contributed by atoms with van der Waals surface area (Å²) in [6.07, 6.45) is 0.